The van der Waals surface area contributed by atoms with Crippen LogP contribution >= 0.6 is 11.3 Å². The maximum Gasteiger partial charge on any atom is 0.374 e. The zero-order chi connectivity index (χ0) is 20.0. The number of anilines is 1. The van der Waals surface area contributed by atoms with Crippen molar-refractivity contribution in [2.45, 2.75) is 33.3 Å². The quantitative estimate of drug-likeness (QED) is 0.721. The van der Waals surface area contributed by atoms with Crippen molar-refractivity contribution in [2.75, 3.05) is 11.9 Å². The molecule has 2 rings (SSSR count). The molecule has 0 bridgehead atoms. The van der Waals surface area contributed by atoms with Gasteiger partial charge in [-0.1, -0.05) is 6.92 Å². The molecule has 1 N–H and O–H groups in total. The molecule has 1 amide bonds. The van der Waals surface area contributed by atoms with E-state index in [1.807, 2.05) is 6.07 Å². The van der Waals surface area contributed by atoms with Gasteiger partial charge in [0.2, 0.25) is 5.76 Å². The van der Waals surface area contributed by atoms with Crippen molar-refractivity contribution in [3.63, 3.8) is 0 Å². The highest BCUT2D eigenvalue weighted by molar-refractivity contribution is 7.18. The Morgan fingerprint density at radius 2 is 2.07 bits per heavy atom. The van der Waals surface area contributed by atoms with Crippen LogP contribution in [-0.4, -0.2) is 30.6 Å². The van der Waals surface area contributed by atoms with E-state index in [1.165, 1.54) is 18.4 Å². The van der Waals surface area contributed by atoms with E-state index in [1.54, 1.807) is 20.8 Å². The van der Waals surface area contributed by atoms with Crippen molar-refractivity contribution in [3.8, 4) is 6.07 Å². The van der Waals surface area contributed by atoms with Gasteiger partial charge in [0, 0.05) is 0 Å². The fourth-order valence-corrected chi connectivity index (χ4v) is 3.28. The van der Waals surface area contributed by atoms with Gasteiger partial charge >= 0.3 is 11.9 Å². The van der Waals surface area contributed by atoms with Gasteiger partial charge in [0.1, 0.15) is 15.9 Å². The molecule has 0 spiro atoms. The number of ether oxygens (including phenoxy) is 2. The molecule has 2 heterocycles. The van der Waals surface area contributed by atoms with Crippen LogP contribution in [0.3, 0.4) is 0 Å². The van der Waals surface area contributed by atoms with E-state index in [9.17, 15) is 19.6 Å². The number of nitrogens with one attached hydrogen (secondary N) is 1. The Hall–Kier alpha value is -3.12. The number of carbonyl (C=O) groups excluding carboxylic acids is 3. The van der Waals surface area contributed by atoms with Crippen molar-refractivity contribution in [1.82, 2.24) is 0 Å². The molecule has 8 nitrogen and oxygen atoms in total. The van der Waals surface area contributed by atoms with E-state index in [4.69, 9.17) is 13.9 Å². The number of hydrogen-bond donors (Lipinski definition) is 1. The van der Waals surface area contributed by atoms with E-state index < -0.39 is 23.9 Å². The number of carbonyl (C=O) groups is 3. The fourth-order valence-electron chi connectivity index (χ4n) is 2.22. The number of furan rings is 1. The van der Waals surface area contributed by atoms with Crippen LogP contribution in [-0.2, 0) is 14.3 Å². The second-order valence-corrected chi connectivity index (χ2v) is 6.38. The van der Waals surface area contributed by atoms with E-state index in [2.05, 4.69) is 5.32 Å². The maximum atomic E-state index is 12.5. The van der Waals surface area contributed by atoms with Crippen LogP contribution in [0.15, 0.2) is 22.8 Å². The summed E-state index contributed by atoms with van der Waals surface area (Å²) < 4.78 is 15.1. The van der Waals surface area contributed by atoms with E-state index in [0.717, 1.165) is 11.3 Å². The second kappa shape index (κ2) is 9.00. The van der Waals surface area contributed by atoms with Gasteiger partial charge in [0.15, 0.2) is 6.10 Å². The van der Waals surface area contributed by atoms with Crippen LogP contribution in [0.2, 0.25) is 0 Å². The highest BCUT2D eigenvalue weighted by Gasteiger charge is 2.27. The molecular weight excluding hydrogens is 372 g/mol. The molecule has 0 aliphatic carbocycles. The van der Waals surface area contributed by atoms with Crippen molar-refractivity contribution in [1.29, 1.82) is 5.26 Å². The van der Waals surface area contributed by atoms with Crippen LogP contribution in [0.25, 0.3) is 0 Å². The predicted octanol–water partition coefficient (Wildman–Crippen LogP) is 3.27. The largest absolute Gasteiger partial charge is 0.462 e. The predicted molar refractivity (Wildman–Crippen MR) is 96.6 cm³/mol. The van der Waals surface area contributed by atoms with Gasteiger partial charge in [0.25, 0.3) is 5.91 Å². The Labute approximate surface area is 159 Å². The number of rotatable bonds is 7. The molecule has 1 atom stereocenters. The number of esters is 2. The van der Waals surface area contributed by atoms with Gasteiger partial charge in [-0.25, -0.2) is 9.59 Å². The second-order valence-electron chi connectivity index (χ2n) is 5.36. The summed E-state index contributed by atoms with van der Waals surface area (Å²) in [6.45, 7) is 5.15. The molecule has 0 aromatic carbocycles. The average Bonchev–Trinajstić information content (AvgIpc) is 3.28. The number of hydrogen-bond acceptors (Lipinski definition) is 8. The van der Waals surface area contributed by atoms with E-state index in [-0.39, 0.29) is 34.2 Å². The summed E-state index contributed by atoms with van der Waals surface area (Å²) >= 11 is 0.944. The van der Waals surface area contributed by atoms with Crippen molar-refractivity contribution in [2.24, 2.45) is 0 Å². The zero-order valence-corrected chi connectivity index (χ0v) is 15.8. The van der Waals surface area contributed by atoms with Gasteiger partial charge < -0.3 is 19.2 Å². The lowest BCUT2D eigenvalue weighted by atomic mass is 10.1. The third kappa shape index (κ3) is 4.54. The van der Waals surface area contributed by atoms with Crippen molar-refractivity contribution in [3.05, 3.63) is 40.2 Å². The van der Waals surface area contributed by atoms with Crippen LogP contribution in [0.5, 0.6) is 0 Å². The van der Waals surface area contributed by atoms with Gasteiger partial charge in [-0.15, -0.1) is 11.3 Å². The average molecular weight is 390 g/mol. The van der Waals surface area contributed by atoms with Gasteiger partial charge in [-0.2, -0.15) is 5.26 Å². The van der Waals surface area contributed by atoms with Crippen LogP contribution in [0.4, 0.5) is 5.00 Å². The minimum absolute atomic E-state index is 0.0180. The standard InChI is InChI=1S/C18H18N2O6S/c1-4-12(26-17(22)13-7-6-8-25-13)15(21)20-16-11(9-19)10(3)14(27-16)18(23)24-5-2/h6-8,12H,4-5H2,1-3H3,(H,20,21). The molecule has 0 saturated carbocycles. The Balaban J connectivity index is 2.18. The number of nitriles is 1. The Bertz CT molecular complexity index is 879. The third-order valence-corrected chi connectivity index (χ3v) is 4.78. The molecule has 0 radical (unpaired) electrons. The number of amides is 1. The van der Waals surface area contributed by atoms with Gasteiger partial charge in [-0.05, 0) is 38.0 Å². The number of nitrogens with zero attached hydrogens (tertiary/aromatic N) is 1. The smallest absolute Gasteiger partial charge is 0.374 e. The SMILES string of the molecule is CCOC(=O)c1sc(NC(=O)C(CC)OC(=O)c2ccco2)c(C#N)c1C. The molecule has 27 heavy (non-hydrogen) atoms. The molecule has 0 fully saturated rings. The highest BCUT2D eigenvalue weighted by Crippen LogP contribution is 2.33. The molecular formula is C18H18N2O6S. The summed E-state index contributed by atoms with van der Waals surface area (Å²) in [6.07, 6.45) is 0.458. The minimum atomic E-state index is -1.08. The molecule has 0 aliphatic heterocycles. The maximum absolute atomic E-state index is 12.5. The molecule has 1 unspecified atom stereocenters. The fraction of sp³-hybridized carbons (Fsp3) is 0.333. The first-order valence-electron chi connectivity index (χ1n) is 8.18. The minimum Gasteiger partial charge on any atom is -0.462 e. The Morgan fingerprint density at radius 1 is 1.33 bits per heavy atom. The molecule has 9 heteroatoms. The van der Waals surface area contributed by atoms with Crippen LogP contribution < -0.4 is 5.32 Å². The molecule has 2 aromatic heterocycles. The first kappa shape index (κ1) is 20.2. The van der Waals surface area contributed by atoms with Gasteiger partial charge in [-0.3, -0.25) is 4.79 Å². The van der Waals surface area contributed by atoms with E-state index in [0.29, 0.717) is 5.56 Å². The Morgan fingerprint density at radius 3 is 2.63 bits per heavy atom. The molecule has 0 aliphatic rings. The molecule has 2 aromatic rings. The van der Waals surface area contributed by atoms with Crippen LogP contribution in [0, 0.1) is 18.3 Å². The summed E-state index contributed by atoms with van der Waals surface area (Å²) in [6, 6.07) is 4.93. The highest BCUT2D eigenvalue weighted by atomic mass is 32.1. The lowest BCUT2D eigenvalue weighted by Gasteiger charge is -2.14. The van der Waals surface area contributed by atoms with Gasteiger partial charge in [0.05, 0.1) is 18.4 Å². The lowest BCUT2D eigenvalue weighted by Crippen LogP contribution is -2.32. The van der Waals surface area contributed by atoms with Crippen LogP contribution in [0.1, 0.15) is 51.6 Å². The summed E-state index contributed by atoms with van der Waals surface area (Å²) in [4.78, 5) is 36.7. The summed E-state index contributed by atoms with van der Waals surface area (Å²) in [5.41, 5.74) is 0.598. The first-order valence-corrected chi connectivity index (χ1v) is 9.00. The summed E-state index contributed by atoms with van der Waals surface area (Å²) in [5, 5.41) is 12.1. The number of thiophene rings is 1. The zero-order valence-electron chi connectivity index (χ0n) is 15.0. The van der Waals surface area contributed by atoms with E-state index >= 15 is 0 Å². The molecule has 142 valence electrons. The first-order chi connectivity index (χ1) is 12.9. The monoisotopic (exact) mass is 390 g/mol. The Kier molecular flexibility index (Phi) is 6.73. The molecule has 0 saturated heterocycles. The third-order valence-electron chi connectivity index (χ3n) is 3.59. The summed E-state index contributed by atoms with van der Waals surface area (Å²) in [7, 11) is 0. The van der Waals surface area contributed by atoms with Crippen molar-refractivity contribution >= 4 is 34.2 Å². The topological polar surface area (TPSA) is 119 Å². The normalized spacial score (nSPS) is 11.3. The lowest BCUT2D eigenvalue weighted by molar-refractivity contribution is -0.124. The van der Waals surface area contributed by atoms with Crippen molar-refractivity contribution < 1.29 is 28.3 Å². The summed E-state index contributed by atoms with van der Waals surface area (Å²) in [5.74, 6) is -1.95.